The van der Waals surface area contributed by atoms with Gasteiger partial charge in [-0.15, -0.1) is 17.9 Å². The fourth-order valence-corrected chi connectivity index (χ4v) is 3.02. The van der Waals surface area contributed by atoms with E-state index in [9.17, 15) is 9.59 Å². The van der Waals surface area contributed by atoms with E-state index in [4.69, 9.17) is 4.74 Å². The molecule has 0 aromatic carbocycles. The first-order valence-corrected chi connectivity index (χ1v) is 8.17. The molecule has 0 aliphatic rings. The van der Waals surface area contributed by atoms with Gasteiger partial charge in [0.05, 0.1) is 17.1 Å². The summed E-state index contributed by atoms with van der Waals surface area (Å²) in [6.07, 6.45) is 1.87. The highest BCUT2D eigenvalue weighted by Gasteiger charge is 2.17. The van der Waals surface area contributed by atoms with Crippen LogP contribution in [0, 0.1) is 20.8 Å². The molecule has 0 aliphatic heterocycles. The Hall–Kier alpha value is -2.21. The number of thiazole rings is 1. The number of aryl methyl sites for hydroxylation is 2. The third kappa shape index (κ3) is 4.16. The molecule has 2 aromatic heterocycles. The normalized spacial score (nSPS) is 10.6. The van der Waals surface area contributed by atoms with Gasteiger partial charge in [0.25, 0.3) is 0 Å². The van der Waals surface area contributed by atoms with Crippen LogP contribution in [0.25, 0.3) is 0 Å². The molecule has 0 N–H and O–H groups in total. The van der Waals surface area contributed by atoms with Crippen molar-refractivity contribution in [1.29, 1.82) is 0 Å². The van der Waals surface area contributed by atoms with Gasteiger partial charge in [-0.1, -0.05) is 6.08 Å². The number of nitrogens with zero attached hydrogens (tertiary/aromatic N) is 2. The Labute approximate surface area is 139 Å². The average Bonchev–Trinajstić information content (AvgIpc) is 3.03. The number of hydrogen-bond acceptors (Lipinski definition) is 5. The Morgan fingerprint density at radius 2 is 2.13 bits per heavy atom. The van der Waals surface area contributed by atoms with Crippen LogP contribution in [0.3, 0.4) is 0 Å². The molecule has 0 amide bonds. The number of carbonyl (C=O) groups excluding carboxylic acids is 2. The van der Waals surface area contributed by atoms with E-state index in [2.05, 4.69) is 11.6 Å². The van der Waals surface area contributed by atoms with Crippen LogP contribution >= 0.6 is 11.3 Å². The topological polar surface area (TPSA) is 61.2 Å². The zero-order chi connectivity index (χ0) is 17.0. The zero-order valence-corrected chi connectivity index (χ0v) is 14.4. The molecule has 2 rings (SSSR count). The summed E-state index contributed by atoms with van der Waals surface area (Å²) in [4.78, 5) is 28.3. The van der Waals surface area contributed by atoms with Crippen molar-refractivity contribution in [3.63, 3.8) is 0 Å². The quantitative estimate of drug-likeness (QED) is 0.444. The van der Waals surface area contributed by atoms with Crippen molar-refractivity contribution in [1.82, 2.24) is 9.55 Å². The van der Waals surface area contributed by atoms with Crippen molar-refractivity contribution in [2.75, 3.05) is 6.61 Å². The second kappa shape index (κ2) is 7.37. The molecule has 2 aromatic rings. The standard InChI is InChI=1S/C17H20N2O3S/c1-5-6-19-11(2)7-15(12(19)3)16(20)9-22-17(21)8-14-10-23-13(4)18-14/h5,7,10H,1,6,8-9H2,2-4H3. The molecule has 0 spiro atoms. The van der Waals surface area contributed by atoms with E-state index in [0.29, 0.717) is 17.8 Å². The van der Waals surface area contributed by atoms with E-state index < -0.39 is 5.97 Å². The van der Waals surface area contributed by atoms with Gasteiger partial charge in [0, 0.05) is 28.9 Å². The minimum atomic E-state index is -0.441. The van der Waals surface area contributed by atoms with E-state index in [1.807, 2.05) is 36.8 Å². The highest BCUT2D eigenvalue weighted by Crippen LogP contribution is 2.16. The summed E-state index contributed by atoms with van der Waals surface area (Å²) >= 11 is 1.48. The molecule has 122 valence electrons. The monoisotopic (exact) mass is 332 g/mol. The third-order valence-electron chi connectivity index (χ3n) is 3.54. The van der Waals surface area contributed by atoms with Crippen LogP contribution in [0.4, 0.5) is 0 Å². The van der Waals surface area contributed by atoms with E-state index in [1.165, 1.54) is 11.3 Å². The highest BCUT2D eigenvalue weighted by molar-refractivity contribution is 7.09. The Kier molecular flexibility index (Phi) is 5.50. The number of carbonyl (C=O) groups is 2. The van der Waals surface area contributed by atoms with Gasteiger partial charge >= 0.3 is 5.97 Å². The molecule has 0 radical (unpaired) electrons. The number of ketones is 1. The Bertz CT molecular complexity index is 743. The van der Waals surface area contributed by atoms with Crippen LogP contribution in [0.15, 0.2) is 24.1 Å². The van der Waals surface area contributed by atoms with Crippen LogP contribution in [0.1, 0.15) is 32.4 Å². The van der Waals surface area contributed by atoms with Gasteiger partial charge in [-0.2, -0.15) is 0 Å². The second-order valence-corrected chi connectivity index (χ2v) is 6.36. The maximum Gasteiger partial charge on any atom is 0.312 e. The molecule has 0 fully saturated rings. The smallest absolute Gasteiger partial charge is 0.312 e. The van der Waals surface area contributed by atoms with Crippen molar-refractivity contribution >= 4 is 23.1 Å². The van der Waals surface area contributed by atoms with Crippen molar-refractivity contribution in [2.45, 2.75) is 33.7 Å². The molecular formula is C17H20N2O3S. The minimum Gasteiger partial charge on any atom is -0.457 e. The molecule has 0 saturated heterocycles. The minimum absolute atomic E-state index is 0.0904. The van der Waals surface area contributed by atoms with Gasteiger partial charge in [0.15, 0.2) is 6.61 Å². The molecular weight excluding hydrogens is 312 g/mol. The van der Waals surface area contributed by atoms with Crippen LogP contribution in [0.5, 0.6) is 0 Å². The lowest BCUT2D eigenvalue weighted by molar-refractivity contribution is -0.141. The lowest BCUT2D eigenvalue weighted by atomic mass is 10.1. The van der Waals surface area contributed by atoms with E-state index in [-0.39, 0.29) is 18.8 Å². The molecule has 0 saturated carbocycles. The van der Waals surface area contributed by atoms with Crippen molar-refractivity contribution in [2.24, 2.45) is 0 Å². The van der Waals surface area contributed by atoms with E-state index >= 15 is 0 Å². The molecule has 5 nitrogen and oxygen atoms in total. The van der Waals surface area contributed by atoms with E-state index in [0.717, 1.165) is 16.4 Å². The maximum absolute atomic E-state index is 12.3. The number of ether oxygens (including phenoxy) is 1. The van der Waals surface area contributed by atoms with Crippen LogP contribution in [-0.2, 0) is 22.5 Å². The van der Waals surface area contributed by atoms with Gasteiger partial charge in [0.1, 0.15) is 0 Å². The number of rotatable bonds is 7. The molecule has 6 heteroatoms. The fraction of sp³-hybridized carbons (Fsp3) is 0.353. The largest absolute Gasteiger partial charge is 0.457 e. The van der Waals surface area contributed by atoms with E-state index in [1.54, 1.807) is 6.08 Å². The van der Waals surface area contributed by atoms with Gasteiger partial charge in [0.2, 0.25) is 5.78 Å². The summed E-state index contributed by atoms with van der Waals surface area (Å²) in [7, 11) is 0. The van der Waals surface area contributed by atoms with Gasteiger partial charge in [-0.3, -0.25) is 9.59 Å². The van der Waals surface area contributed by atoms with Crippen molar-refractivity contribution in [3.8, 4) is 0 Å². The van der Waals surface area contributed by atoms with Crippen LogP contribution in [0.2, 0.25) is 0 Å². The lowest BCUT2D eigenvalue weighted by Crippen LogP contribution is -2.16. The molecule has 2 heterocycles. The first-order valence-electron chi connectivity index (χ1n) is 7.29. The summed E-state index contributed by atoms with van der Waals surface area (Å²) in [6, 6.07) is 1.82. The van der Waals surface area contributed by atoms with Crippen molar-refractivity contribution < 1.29 is 14.3 Å². The number of aromatic nitrogens is 2. The van der Waals surface area contributed by atoms with Crippen LogP contribution < -0.4 is 0 Å². The zero-order valence-electron chi connectivity index (χ0n) is 13.6. The number of esters is 1. The average molecular weight is 332 g/mol. The predicted molar refractivity (Wildman–Crippen MR) is 89.9 cm³/mol. The summed E-state index contributed by atoms with van der Waals surface area (Å²) in [5.41, 5.74) is 3.10. The van der Waals surface area contributed by atoms with Gasteiger partial charge in [-0.25, -0.2) is 4.98 Å². The summed E-state index contributed by atoms with van der Waals surface area (Å²) < 4.78 is 7.08. The van der Waals surface area contributed by atoms with Crippen LogP contribution in [-0.4, -0.2) is 27.9 Å². The SMILES string of the molecule is C=CCn1c(C)cc(C(=O)COC(=O)Cc2csc(C)n2)c1C. The van der Waals surface area contributed by atoms with Gasteiger partial charge < -0.3 is 9.30 Å². The number of allylic oxidation sites excluding steroid dienone is 1. The van der Waals surface area contributed by atoms with Crippen molar-refractivity contribution in [3.05, 3.63) is 51.8 Å². The highest BCUT2D eigenvalue weighted by atomic mass is 32.1. The Balaban J connectivity index is 1.95. The number of hydrogen-bond donors (Lipinski definition) is 0. The van der Waals surface area contributed by atoms with Gasteiger partial charge in [-0.05, 0) is 26.8 Å². The molecule has 0 aliphatic carbocycles. The first-order chi connectivity index (χ1) is 10.9. The predicted octanol–water partition coefficient (Wildman–Crippen LogP) is 3.02. The molecule has 0 unspecified atom stereocenters. The Morgan fingerprint density at radius 1 is 1.39 bits per heavy atom. The fourth-order valence-electron chi connectivity index (χ4n) is 2.41. The molecule has 0 bridgehead atoms. The molecule has 0 atom stereocenters. The maximum atomic E-state index is 12.3. The number of Topliss-reactive ketones (excluding diaryl/α,β-unsaturated/α-hetero) is 1. The second-order valence-electron chi connectivity index (χ2n) is 5.30. The third-order valence-corrected chi connectivity index (χ3v) is 4.36. The summed E-state index contributed by atoms with van der Waals surface area (Å²) in [5.74, 6) is -0.639. The summed E-state index contributed by atoms with van der Waals surface area (Å²) in [6.45, 7) is 9.80. The first kappa shape index (κ1) is 17.1. The summed E-state index contributed by atoms with van der Waals surface area (Å²) in [5, 5.41) is 2.72. The Morgan fingerprint density at radius 3 is 2.74 bits per heavy atom. The lowest BCUT2D eigenvalue weighted by Gasteiger charge is -2.06. The molecule has 23 heavy (non-hydrogen) atoms.